The minimum atomic E-state index is -4.59. The third-order valence-corrected chi connectivity index (χ3v) is 4.50. The molecular weight excluding hydrogens is 306 g/mol. The molecule has 0 fully saturated rings. The molecular formula is C11H11NO6S2. The predicted molar refractivity (Wildman–Crippen MR) is 72.7 cm³/mol. The van der Waals surface area contributed by atoms with Gasteiger partial charge in [-0.05, 0) is 36.8 Å². The fraction of sp³-hybridized carbons (Fsp3) is 0.0909. The maximum Gasteiger partial charge on any atom is 0.295 e. The Hall–Kier alpha value is -1.68. The van der Waals surface area contributed by atoms with Gasteiger partial charge < -0.3 is 5.73 Å². The van der Waals surface area contributed by atoms with Crippen molar-refractivity contribution in [3.05, 3.63) is 29.8 Å². The van der Waals surface area contributed by atoms with E-state index in [-0.39, 0.29) is 16.5 Å². The van der Waals surface area contributed by atoms with E-state index in [1.165, 1.54) is 25.1 Å². The van der Waals surface area contributed by atoms with Crippen molar-refractivity contribution in [2.75, 3.05) is 5.73 Å². The molecule has 0 aliphatic rings. The van der Waals surface area contributed by atoms with E-state index in [0.29, 0.717) is 5.56 Å². The zero-order valence-electron chi connectivity index (χ0n) is 10.2. The van der Waals surface area contributed by atoms with Gasteiger partial charge in [0.2, 0.25) is 0 Å². The number of fused-ring (bicyclic) bond motifs is 1. The van der Waals surface area contributed by atoms with Gasteiger partial charge in [0.1, 0.15) is 9.79 Å². The average Bonchev–Trinajstić information content (AvgIpc) is 2.25. The van der Waals surface area contributed by atoms with Gasteiger partial charge in [0.25, 0.3) is 20.2 Å². The summed E-state index contributed by atoms with van der Waals surface area (Å²) < 4.78 is 63.9. The van der Waals surface area contributed by atoms with Crippen LogP contribution in [0.15, 0.2) is 34.1 Å². The first kappa shape index (κ1) is 14.7. The minimum Gasteiger partial charge on any atom is -0.399 e. The number of aryl methyl sites for hydroxylation is 1. The van der Waals surface area contributed by atoms with Crippen molar-refractivity contribution >= 4 is 36.7 Å². The van der Waals surface area contributed by atoms with Gasteiger partial charge in [0.05, 0.1) is 0 Å². The van der Waals surface area contributed by atoms with Gasteiger partial charge in [-0.1, -0.05) is 0 Å². The van der Waals surface area contributed by atoms with Crippen LogP contribution in [0.2, 0.25) is 0 Å². The van der Waals surface area contributed by atoms with E-state index in [2.05, 4.69) is 0 Å². The second-order valence-electron chi connectivity index (χ2n) is 4.33. The first-order valence-corrected chi connectivity index (χ1v) is 8.17. The molecule has 2 aromatic carbocycles. The molecule has 0 saturated heterocycles. The summed E-state index contributed by atoms with van der Waals surface area (Å²) in [6, 6.07) is 4.80. The van der Waals surface area contributed by atoms with Crippen molar-refractivity contribution in [1.82, 2.24) is 0 Å². The van der Waals surface area contributed by atoms with Crippen LogP contribution in [0.25, 0.3) is 10.8 Å². The highest BCUT2D eigenvalue weighted by molar-refractivity contribution is 7.86. The van der Waals surface area contributed by atoms with Crippen LogP contribution in [-0.2, 0) is 20.2 Å². The molecule has 2 rings (SSSR count). The van der Waals surface area contributed by atoms with Gasteiger partial charge in [0.15, 0.2) is 0 Å². The zero-order chi connectivity index (χ0) is 15.3. The molecule has 7 nitrogen and oxygen atoms in total. The Morgan fingerprint density at radius 3 is 1.80 bits per heavy atom. The summed E-state index contributed by atoms with van der Waals surface area (Å²) in [6.45, 7) is 1.53. The number of nitrogen functional groups attached to an aromatic ring is 1. The number of hydrogen-bond acceptors (Lipinski definition) is 5. The monoisotopic (exact) mass is 317 g/mol. The number of rotatable bonds is 2. The van der Waals surface area contributed by atoms with Crippen LogP contribution in [0.5, 0.6) is 0 Å². The lowest BCUT2D eigenvalue weighted by Crippen LogP contribution is -2.05. The number of benzene rings is 2. The smallest absolute Gasteiger partial charge is 0.295 e. The molecule has 0 amide bonds. The van der Waals surface area contributed by atoms with Gasteiger partial charge in [0, 0.05) is 16.5 Å². The lowest BCUT2D eigenvalue weighted by molar-refractivity contribution is 0.481. The first-order valence-electron chi connectivity index (χ1n) is 5.29. The topological polar surface area (TPSA) is 135 Å². The molecule has 9 heteroatoms. The summed E-state index contributed by atoms with van der Waals surface area (Å²) in [5.41, 5.74) is 5.87. The van der Waals surface area contributed by atoms with Crippen molar-refractivity contribution in [2.45, 2.75) is 16.7 Å². The van der Waals surface area contributed by atoms with E-state index in [1.807, 2.05) is 0 Å². The molecule has 0 atom stereocenters. The maximum atomic E-state index is 11.4. The highest BCUT2D eigenvalue weighted by Gasteiger charge is 2.21. The molecule has 0 heterocycles. The van der Waals surface area contributed by atoms with Crippen LogP contribution < -0.4 is 5.73 Å². The largest absolute Gasteiger partial charge is 0.399 e. The molecule has 0 bridgehead atoms. The summed E-state index contributed by atoms with van der Waals surface area (Å²) in [7, 11) is -9.15. The Balaban J connectivity index is 3.13. The maximum absolute atomic E-state index is 11.4. The van der Waals surface area contributed by atoms with Crippen LogP contribution in [0.1, 0.15) is 5.56 Å². The van der Waals surface area contributed by atoms with E-state index >= 15 is 0 Å². The molecule has 0 spiro atoms. The fourth-order valence-electron chi connectivity index (χ4n) is 1.98. The third kappa shape index (κ3) is 2.61. The number of hydrogen-bond donors (Lipinski definition) is 3. The van der Waals surface area contributed by atoms with Gasteiger partial charge in [-0.15, -0.1) is 0 Å². The lowest BCUT2D eigenvalue weighted by Gasteiger charge is -2.10. The van der Waals surface area contributed by atoms with Gasteiger partial charge in [-0.25, -0.2) is 0 Å². The normalized spacial score (nSPS) is 12.8. The van der Waals surface area contributed by atoms with Gasteiger partial charge >= 0.3 is 0 Å². The number of nitrogens with two attached hydrogens (primary N) is 1. The summed E-state index contributed by atoms with van der Waals surface area (Å²) in [6.07, 6.45) is 0. The molecule has 0 saturated carbocycles. The highest BCUT2D eigenvalue weighted by Crippen LogP contribution is 2.32. The molecule has 0 aromatic heterocycles. The molecule has 0 aliphatic carbocycles. The quantitative estimate of drug-likeness (QED) is 0.560. The van der Waals surface area contributed by atoms with Crippen LogP contribution >= 0.6 is 0 Å². The Morgan fingerprint density at radius 2 is 1.30 bits per heavy atom. The average molecular weight is 317 g/mol. The summed E-state index contributed by atoms with van der Waals surface area (Å²) in [4.78, 5) is -0.981. The number of anilines is 1. The van der Waals surface area contributed by atoms with Crippen molar-refractivity contribution < 1.29 is 25.9 Å². The Morgan fingerprint density at radius 1 is 0.850 bits per heavy atom. The standard InChI is InChI=1S/C11H11NO6S2/c1-6-2-8-9(10(3-6)19(13,14)15)4-7(12)5-11(8)20(16,17)18/h2-5H,12H2,1H3,(H,13,14,15)(H,16,17,18). The van der Waals surface area contributed by atoms with Crippen LogP contribution in [0.3, 0.4) is 0 Å². The SMILES string of the molecule is Cc1cc(S(=O)(=O)O)c2cc(N)cc(S(=O)(=O)O)c2c1. The summed E-state index contributed by atoms with van der Waals surface area (Å²) >= 11 is 0. The molecule has 0 unspecified atom stereocenters. The Bertz CT molecular complexity index is 838. The van der Waals surface area contributed by atoms with Crippen LogP contribution in [-0.4, -0.2) is 25.9 Å². The van der Waals surface area contributed by atoms with E-state index < -0.39 is 30.0 Å². The minimum absolute atomic E-state index is 0.0330. The summed E-state index contributed by atoms with van der Waals surface area (Å²) in [5.74, 6) is 0. The second-order valence-corrected chi connectivity index (χ2v) is 7.11. The molecule has 0 radical (unpaired) electrons. The lowest BCUT2D eigenvalue weighted by atomic mass is 10.1. The van der Waals surface area contributed by atoms with Crippen molar-refractivity contribution in [1.29, 1.82) is 0 Å². The van der Waals surface area contributed by atoms with Crippen molar-refractivity contribution in [3.63, 3.8) is 0 Å². The molecule has 4 N–H and O–H groups in total. The van der Waals surface area contributed by atoms with E-state index in [0.717, 1.165) is 6.07 Å². The predicted octanol–water partition coefficient (Wildman–Crippen LogP) is 1.22. The first-order chi connectivity index (χ1) is 9.00. The van der Waals surface area contributed by atoms with E-state index in [9.17, 15) is 25.9 Å². The molecule has 0 aliphatic heterocycles. The molecule has 20 heavy (non-hydrogen) atoms. The Kier molecular flexibility index (Phi) is 3.25. The van der Waals surface area contributed by atoms with Crippen molar-refractivity contribution in [2.24, 2.45) is 0 Å². The van der Waals surface area contributed by atoms with E-state index in [4.69, 9.17) is 5.73 Å². The van der Waals surface area contributed by atoms with E-state index in [1.54, 1.807) is 0 Å². The van der Waals surface area contributed by atoms with Crippen LogP contribution in [0.4, 0.5) is 5.69 Å². The molecule has 108 valence electrons. The highest BCUT2D eigenvalue weighted by atomic mass is 32.2. The van der Waals surface area contributed by atoms with Crippen molar-refractivity contribution in [3.8, 4) is 0 Å². The third-order valence-electron chi connectivity index (χ3n) is 2.72. The van der Waals surface area contributed by atoms with Crippen LogP contribution in [0, 0.1) is 6.92 Å². The van der Waals surface area contributed by atoms with Gasteiger partial charge in [-0.2, -0.15) is 16.8 Å². The van der Waals surface area contributed by atoms with Gasteiger partial charge in [-0.3, -0.25) is 9.11 Å². The Labute approximate surface area is 115 Å². The second kappa shape index (κ2) is 4.42. The summed E-state index contributed by atoms with van der Waals surface area (Å²) in [5, 5.41) is -0.111. The molecule has 2 aromatic rings. The fourth-order valence-corrected chi connectivity index (χ4v) is 3.49. The zero-order valence-corrected chi connectivity index (χ0v) is 11.9.